The molecule has 5 heteroatoms. The monoisotopic (exact) mass is 600 g/mol. The third-order valence-corrected chi connectivity index (χ3v) is 7.64. The largest absolute Gasteiger partial charge is 0.372 e. The normalized spacial score (nSPS) is 15.6. The Morgan fingerprint density at radius 1 is 0.222 bits per heavy atom. The predicted octanol–water partition coefficient (Wildman–Crippen LogP) is 8.58. The van der Waals surface area contributed by atoms with Gasteiger partial charge in [-0.15, -0.1) is 0 Å². The summed E-state index contributed by atoms with van der Waals surface area (Å²) in [5.41, 5.74) is 11.3. The molecule has 0 atom stereocenters. The number of hydrogen-bond donors (Lipinski definition) is 0. The first-order chi connectivity index (χ1) is 22.2. The maximum absolute atomic E-state index is 6.07. The van der Waals surface area contributed by atoms with E-state index in [1.807, 2.05) is 0 Å². The van der Waals surface area contributed by atoms with Crippen molar-refractivity contribution in [3.63, 3.8) is 0 Å². The van der Waals surface area contributed by atoms with Gasteiger partial charge in [-0.05, 0) is 55.6 Å². The predicted molar refractivity (Wildman–Crippen MR) is 175 cm³/mol. The van der Waals surface area contributed by atoms with Crippen LogP contribution in [0.1, 0.15) is 55.6 Å². The average Bonchev–Trinajstić information content (AvgIpc) is 3.06. The first-order valence-corrected chi connectivity index (χ1v) is 15.5. The van der Waals surface area contributed by atoms with E-state index in [1.165, 1.54) is 0 Å². The van der Waals surface area contributed by atoms with Gasteiger partial charge in [0.2, 0.25) is 0 Å². The zero-order valence-corrected chi connectivity index (χ0v) is 25.7. The minimum absolute atomic E-state index is 0.543. The van der Waals surface area contributed by atoms with Gasteiger partial charge in [0.1, 0.15) is 0 Å². The van der Waals surface area contributed by atoms with Crippen LogP contribution in [0.3, 0.4) is 0 Å². The fourth-order valence-corrected chi connectivity index (χ4v) is 5.48. The van der Waals surface area contributed by atoms with E-state index >= 15 is 0 Å². The summed E-state index contributed by atoms with van der Waals surface area (Å²) in [5.74, 6) is 0. The fourth-order valence-electron chi connectivity index (χ4n) is 5.48. The Morgan fingerprint density at radius 3 is 0.489 bits per heavy atom. The summed E-state index contributed by atoms with van der Waals surface area (Å²) in [5, 5.41) is 0. The third-order valence-electron chi connectivity index (χ3n) is 7.64. The van der Waals surface area contributed by atoms with Crippen molar-refractivity contribution < 1.29 is 23.7 Å². The van der Waals surface area contributed by atoms with E-state index in [9.17, 15) is 0 Å². The first kappa shape index (κ1) is 30.9. The second-order valence-corrected chi connectivity index (χ2v) is 11.6. The van der Waals surface area contributed by atoms with E-state index in [1.54, 1.807) is 0 Å². The summed E-state index contributed by atoms with van der Waals surface area (Å²) in [6.45, 7) is 5.43. The van der Waals surface area contributed by atoms with Crippen molar-refractivity contribution in [3.8, 4) is 0 Å². The van der Waals surface area contributed by atoms with Gasteiger partial charge in [-0.1, -0.05) is 121 Å². The van der Waals surface area contributed by atoms with Gasteiger partial charge in [-0.3, -0.25) is 0 Å². The molecule has 5 aromatic carbocycles. The van der Waals surface area contributed by atoms with Crippen LogP contribution in [0.2, 0.25) is 0 Å². The second kappa shape index (κ2) is 16.3. The van der Waals surface area contributed by atoms with Gasteiger partial charge in [0.05, 0.1) is 66.1 Å². The molecule has 0 saturated heterocycles. The number of ether oxygens (including phenoxy) is 5. The quantitative estimate of drug-likeness (QED) is 0.178. The molecule has 5 nitrogen and oxygen atoms in total. The molecule has 230 valence electrons. The summed E-state index contributed by atoms with van der Waals surface area (Å²) in [4.78, 5) is 0. The molecule has 6 rings (SSSR count). The zero-order valence-electron chi connectivity index (χ0n) is 25.7. The molecule has 0 spiro atoms. The number of hydrogen-bond acceptors (Lipinski definition) is 5. The SMILES string of the molecule is c1cc2cc(c1)COCc1cccc(c1)COCc1cccc(c1)COCc1cccc(c1)COCc1cccc(c1)COC2. The Bertz CT molecular complexity index is 1280. The molecule has 1 heterocycles. The highest BCUT2D eigenvalue weighted by molar-refractivity contribution is 5.27. The summed E-state index contributed by atoms with van der Waals surface area (Å²) >= 11 is 0. The molecule has 0 aliphatic carbocycles. The van der Waals surface area contributed by atoms with Crippen molar-refractivity contribution in [2.45, 2.75) is 66.1 Å². The Kier molecular flexibility index (Phi) is 11.2. The third kappa shape index (κ3) is 9.95. The van der Waals surface area contributed by atoms with Gasteiger partial charge in [0.15, 0.2) is 0 Å². The van der Waals surface area contributed by atoms with Gasteiger partial charge in [-0.2, -0.15) is 0 Å². The van der Waals surface area contributed by atoms with Gasteiger partial charge in [0.25, 0.3) is 0 Å². The van der Waals surface area contributed by atoms with Crippen molar-refractivity contribution in [3.05, 3.63) is 177 Å². The second-order valence-electron chi connectivity index (χ2n) is 11.6. The van der Waals surface area contributed by atoms with E-state index in [0.29, 0.717) is 66.1 Å². The highest BCUT2D eigenvalue weighted by Gasteiger charge is 2.05. The van der Waals surface area contributed by atoms with Crippen LogP contribution in [0.5, 0.6) is 0 Å². The molecular weight excluding hydrogens is 560 g/mol. The first-order valence-electron chi connectivity index (χ1n) is 15.5. The Morgan fingerprint density at radius 2 is 0.356 bits per heavy atom. The molecule has 1 aliphatic heterocycles. The van der Waals surface area contributed by atoms with Crippen LogP contribution < -0.4 is 0 Å². The van der Waals surface area contributed by atoms with Crippen molar-refractivity contribution in [1.82, 2.24) is 0 Å². The van der Waals surface area contributed by atoms with Gasteiger partial charge in [0, 0.05) is 0 Å². The summed E-state index contributed by atoms with van der Waals surface area (Å²) < 4.78 is 30.4. The molecule has 0 amide bonds. The maximum Gasteiger partial charge on any atom is 0.0721 e. The summed E-state index contributed by atoms with van der Waals surface area (Å²) in [6, 6.07) is 42.0. The molecule has 5 aromatic rings. The van der Waals surface area contributed by atoms with Gasteiger partial charge >= 0.3 is 0 Å². The lowest BCUT2D eigenvalue weighted by Crippen LogP contribution is -2.00. The van der Waals surface area contributed by atoms with E-state index in [-0.39, 0.29) is 0 Å². The highest BCUT2D eigenvalue weighted by Crippen LogP contribution is 2.16. The fraction of sp³-hybridized carbons (Fsp3) is 0.250. The van der Waals surface area contributed by atoms with Crippen molar-refractivity contribution in [2.24, 2.45) is 0 Å². The number of rotatable bonds is 0. The maximum atomic E-state index is 6.07. The standard InChI is InChI=1S/C40H40O5/c1-6-31-16-32(7-1)22-42-24-34-9-3-11-36(18-34)26-44-28-38-13-5-15-40(20-38)30-45-29-39-14-4-12-37(19-39)27-43-25-35-10-2-8-33(17-35)23-41-21-31/h1-20H,21-30H2. The Hall–Kier alpha value is -4.10. The van der Waals surface area contributed by atoms with E-state index in [0.717, 1.165) is 55.6 Å². The zero-order chi connectivity index (χ0) is 30.5. The van der Waals surface area contributed by atoms with Crippen molar-refractivity contribution >= 4 is 0 Å². The molecule has 45 heavy (non-hydrogen) atoms. The molecule has 0 radical (unpaired) electrons. The Labute approximate surface area is 266 Å². The summed E-state index contributed by atoms with van der Waals surface area (Å²) in [7, 11) is 0. The van der Waals surface area contributed by atoms with E-state index in [4.69, 9.17) is 23.7 Å². The topological polar surface area (TPSA) is 46.2 Å². The lowest BCUT2D eigenvalue weighted by atomic mass is 10.1. The molecule has 0 unspecified atom stereocenters. The minimum atomic E-state index is 0.543. The van der Waals surface area contributed by atoms with Crippen molar-refractivity contribution in [1.29, 1.82) is 0 Å². The molecule has 10 bridgehead atoms. The smallest absolute Gasteiger partial charge is 0.0721 e. The average molecular weight is 601 g/mol. The molecule has 0 N–H and O–H groups in total. The van der Waals surface area contributed by atoms with Gasteiger partial charge < -0.3 is 23.7 Å². The minimum Gasteiger partial charge on any atom is -0.372 e. The highest BCUT2D eigenvalue weighted by atomic mass is 16.5. The van der Waals surface area contributed by atoms with Crippen molar-refractivity contribution in [2.75, 3.05) is 0 Å². The van der Waals surface area contributed by atoms with Crippen LogP contribution in [0.25, 0.3) is 0 Å². The van der Waals surface area contributed by atoms with Crippen LogP contribution in [-0.4, -0.2) is 0 Å². The molecule has 0 saturated carbocycles. The lowest BCUT2D eigenvalue weighted by Gasteiger charge is -2.11. The van der Waals surface area contributed by atoms with Gasteiger partial charge in [-0.25, -0.2) is 0 Å². The molecular formula is C40H40O5. The number of fused-ring (bicyclic) bond motifs is 10. The summed E-state index contributed by atoms with van der Waals surface area (Å²) in [6.07, 6.45) is 0. The van der Waals surface area contributed by atoms with Crippen LogP contribution in [-0.2, 0) is 89.8 Å². The van der Waals surface area contributed by atoms with Crippen LogP contribution in [0.4, 0.5) is 0 Å². The molecule has 0 aromatic heterocycles. The molecule has 1 aliphatic rings. The van der Waals surface area contributed by atoms with Crippen LogP contribution in [0.15, 0.2) is 121 Å². The van der Waals surface area contributed by atoms with E-state index < -0.39 is 0 Å². The Balaban J connectivity index is 1.13. The lowest BCUT2D eigenvalue weighted by molar-refractivity contribution is 0.0994. The van der Waals surface area contributed by atoms with E-state index in [2.05, 4.69) is 121 Å². The number of benzene rings is 5. The molecule has 0 fully saturated rings. The van der Waals surface area contributed by atoms with Crippen LogP contribution in [0, 0.1) is 0 Å². The van der Waals surface area contributed by atoms with Crippen LogP contribution >= 0.6 is 0 Å².